The lowest BCUT2D eigenvalue weighted by molar-refractivity contribution is -0.121. The van der Waals surface area contributed by atoms with Crippen LogP contribution in [0.25, 0.3) is 0 Å². The second kappa shape index (κ2) is 8.70. The van der Waals surface area contributed by atoms with E-state index in [0.717, 1.165) is 31.2 Å². The summed E-state index contributed by atoms with van der Waals surface area (Å²) < 4.78 is 0. The molecule has 0 saturated heterocycles. The normalized spacial score (nSPS) is 21.6. The molecule has 1 aliphatic rings. The maximum absolute atomic E-state index is 12.0. The van der Waals surface area contributed by atoms with Gasteiger partial charge in [0.05, 0.1) is 10.0 Å². The van der Waals surface area contributed by atoms with Crippen molar-refractivity contribution in [3.63, 3.8) is 0 Å². The standard InChI is InChI=1S/C16H22Cl2N2O2/c17-14-8-19-9-15(18)13(14)4-5-16(22)20-7-11-2-1-3-12(6-11)10-21/h8-9,11-12,21H,1-7,10H2,(H,20,22)/t11-,12+/m0/s1. The maximum Gasteiger partial charge on any atom is 0.220 e. The highest BCUT2D eigenvalue weighted by molar-refractivity contribution is 6.35. The number of rotatable bonds is 6. The van der Waals surface area contributed by atoms with Gasteiger partial charge in [0, 0.05) is 32.0 Å². The van der Waals surface area contributed by atoms with Crippen LogP contribution in [0.2, 0.25) is 10.0 Å². The van der Waals surface area contributed by atoms with Gasteiger partial charge in [0.1, 0.15) is 0 Å². The van der Waals surface area contributed by atoms with Gasteiger partial charge in [-0.1, -0.05) is 29.6 Å². The first-order valence-electron chi connectivity index (χ1n) is 7.75. The van der Waals surface area contributed by atoms with Gasteiger partial charge in [-0.05, 0) is 43.1 Å². The minimum Gasteiger partial charge on any atom is -0.396 e. The van der Waals surface area contributed by atoms with Crippen molar-refractivity contribution in [2.75, 3.05) is 13.2 Å². The summed E-state index contributed by atoms with van der Waals surface area (Å²) in [7, 11) is 0. The number of nitrogens with one attached hydrogen (secondary N) is 1. The van der Waals surface area contributed by atoms with Gasteiger partial charge in [0.2, 0.25) is 5.91 Å². The van der Waals surface area contributed by atoms with Gasteiger partial charge in [-0.25, -0.2) is 0 Å². The second-order valence-corrected chi connectivity index (χ2v) is 6.78. The van der Waals surface area contributed by atoms with Crippen LogP contribution in [0.4, 0.5) is 0 Å². The van der Waals surface area contributed by atoms with Crippen LogP contribution in [-0.4, -0.2) is 29.1 Å². The zero-order valence-electron chi connectivity index (χ0n) is 12.5. The van der Waals surface area contributed by atoms with Crippen LogP contribution in [0.3, 0.4) is 0 Å². The Morgan fingerprint density at radius 2 is 1.95 bits per heavy atom. The highest BCUT2D eigenvalue weighted by Crippen LogP contribution is 2.28. The summed E-state index contributed by atoms with van der Waals surface area (Å²) >= 11 is 12.1. The molecule has 122 valence electrons. The number of aromatic nitrogens is 1. The predicted octanol–water partition coefficient (Wildman–Crippen LogP) is 3.24. The molecule has 22 heavy (non-hydrogen) atoms. The van der Waals surface area contributed by atoms with Crippen LogP contribution in [0.1, 0.15) is 37.7 Å². The number of amides is 1. The molecular formula is C16H22Cl2N2O2. The monoisotopic (exact) mass is 344 g/mol. The molecule has 6 heteroatoms. The first-order valence-corrected chi connectivity index (χ1v) is 8.51. The fourth-order valence-corrected chi connectivity index (χ4v) is 3.57. The number of halogens is 2. The fraction of sp³-hybridized carbons (Fsp3) is 0.625. The largest absolute Gasteiger partial charge is 0.396 e. The molecule has 0 unspecified atom stereocenters. The van der Waals surface area contributed by atoms with Gasteiger partial charge in [-0.2, -0.15) is 0 Å². The zero-order chi connectivity index (χ0) is 15.9. The van der Waals surface area contributed by atoms with E-state index in [0.29, 0.717) is 41.3 Å². The third-order valence-corrected chi connectivity index (χ3v) is 4.94. The molecule has 0 aliphatic heterocycles. The van der Waals surface area contributed by atoms with E-state index in [9.17, 15) is 9.90 Å². The quantitative estimate of drug-likeness (QED) is 0.832. The Kier molecular flexibility index (Phi) is 6.93. The molecule has 2 N–H and O–H groups in total. The average molecular weight is 345 g/mol. The summed E-state index contributed by atoms with van der Waals surface area (Å²) in [6, 6.07) is 0. The van der Waals surface area contributed by atoms with Crippen LogP contribution in [-0.2, 0) is 11.2 Å². The Balaban J connectivity index is 1.74. The van der Waals surface area contributed by atoms with E-state index < -0.39 is 0 Å². The highest BCUT2D eigenvalue weighted by Gasteiger charge is 2.21. The second-order valence-electron chi connectivity index (χ2n) is 5.97. The number of hydrogen-bond donors (Lipinski definition) is 2. The lowest BCUT2D eigenvalue weighted by Crippen LogP contribution is -2.32. The van der Waals surface area contributed by atoms with Gasteiger partial charge in [0.25, 0.3) is 0 Å². The van der Waals surface area contributed by atoms with E-state index in [1.807, 2.05) is 0 Å². The fourth-order valence-electron chi connectivity index (χ4n) is 3.02. The van der Waals surface area contributed by atoms with E-state index in [4.69, 9.17) is 23.2 Å². The van der Waals surface area contributed by atoms with Crippen molar-refractivity contribution in [3.8, 4) is 0 Å². The van der Waals surface area contributed by atoms with Gasteiger partial charge in [-0.3, -0.25) is 9.78 Å². The first-order chi connectivity index (χ1) is 10.6. The van der Waals surface area contributed by atoms with Crippen molar-refractivity contribution >= 4 is 29.1 Å². The van der Waals surface area contributed by atoms with Gasteiger partial charge in [-0.15, -0.1) is 0 Å². The van der Waals surface area contributed by atoms with Crippen molar-refractivity contribution in [2.24, 2.45) is 11.8 Å². The van der Waals surface area contributed by atoms with Crippen LogP contribution in [0.15, 0.2) is 12.4 Å². The van der Waals surface area contributed by atoms with Crippen LogP contribution >= 0.6 is 23.2 Å². The van der Waals surface area contributed by atoms with Crippen molar-refractivity contribution in [1.29, 1.82) is 0 Å². The molecule has 1 amide bonds. The third-order valence-electron chi connectivity index (χ3n) is 4.29. The minimum absolute atomic E-state index is 0.00932. The van der Waals surface area contributed by atoms with Crippen LogP contribution in [0.5, 0.6) is 0 Å². The summed E-state index contributed by atoms with van der Waals surface area (Å²) in [6.07, 6.45) is 8.30. The van der Waals surface area contributed by atoms with Crippen LogP contribution < -0.4 is 5.32 Å². The van der Waals surface area contributed by atoms with Crippen molar-refractivity contribution in [3.05, 3.63) is 28.0 Å². The molecule has 0 spiro atoms. The zero-order valence-corrected chi connectivity index (χ0v) is 14.0. The van der Waals surface area contributed by atoms with E-state index in [1.165, 1.54) is 12.4 Å². The lowest BCUT2D eigenvalue weighted by Gasteiger charge is -2.28. The number of aliphatic hydroxyl groups excluding tert-OH is 1. The Bertz CT molecular complexity index is 491. The summed E-state index contributed by atoms with van der Waals surface area (Å²) in [5.74, 6) is 0.878. The van der Waals surface area contributed by atoms with E-state index >= 15 is 0 Å². The molecule has 0 radical (unpaired) electrons. The first kappa shape index (κ1) is 17.5. The van der Waals surface area contributed by atoms with Crippen LogP contribution in [0, 0.1) is 11.8 Å². The van der Waals surface area contributed by atoms with Crippen molar-refractivity contribution in [2.45, 2.75) is 38.5 Å². The molecule has 1 saturated carbocycles. The van der Waals surface area contributed by atoms with Gasteiger partial charge in [0.15, 0.2) is 0 Å². The molecule has 1 fully saturated rings. The number of carbonyl (C=O) groups is 1. The molecule has 1 aromatic heterocycles. The molecule has 4 nitrogen and oxygen atoms in total. The van der Waals surface area contributed by atoms with Gasteiger partial charge >= 0.3 is 0 Å². The Morgan fingerprint density at radius 1 is 1.27 bits per heavy atom. The minimum atomic E-state index is 0.00932. The highest BCUT2D eigenvalue weighted by atomic mass is 35.5. The van der Waals surface area contributed by atoms with E-state index in [1.54, 1.807) is 0 Å². The lowest BCUT2D eigenvalue weighted by atomic mass is 9.82. The number of aliphatic hydroxyl groups is 1. The molecule has 1 heterocycles. The molecule has 1 aromatic rings. The topological polar surface area (TPSA) is 62.2 Å². The summed E-state index contributed by atoms with van der Waals surface area (Å²) in [4.78, 5) is 15.9. The average Bonchev–Trinajstić information content (AvgIpc) is 2.52. The predicted molar refractivity (Wildman–Crippen MR) is 88.1 cm³/mol. The van der Waals surface area contributed by atoms with Crippen molar-refractivity contribution in [1.82, 2.24) is 10.3 Å². The Morgan fingerprint density at radius 3 is 2.64 bits per heavy atom. The maximum atomic E-state index is 12.0. The molecule has 2 rings (SSSR count). The SMILES string of the molecule is O=C(CCc1c(Cl)cncc1Cl)NC[C@H]1CCC[C@@H](CO)C1. The molecule has 1 aliphatic carbocycles. The van der Waals surface area contributed by atoms with E-state index in [2.05, 4.69) is 10.3 Å². The summed E-state index contributed by atoms with van der Waals surface area (Å²) in [5, 5.41) is 13.2. The van der Waals surface area contributed by atoms with Gasteiger partial charge < -0.3 is 10.4 Å². The van der Waals surface area contributed by atoms with Crippen molar-refractivity contribution < 1.29 is 9.90 Å². The number of hydrogen-bond acceptors (Lipinski definition) is 3. The third kappa shape index (κ3) is 5.11. The Labute approximate surface area is 141 Å². The molecule has 0 bridgehead atoms. The molecule has 0 aromatic carbocycles. The summed E-state index contributed by atoms with van der Waals surface area (Å²) in [5.41, 5.74) is 0.770. The molecular weight excluding hydrogens is 323 g/mol. The summed E-state index contributed by atoms with van der Waals surface area (Å²) in [6.45, 7) is 0.941. The number of pyridine rings is 1. The number of nitrogens with zero attached hydrogens (tertiary/aromatic N) is 1. The van der Waals surface area contributed by atoms with E-state index in [-0.39, 0.29) is 12.5 Å². The smallest absolute Gasteiger partial charge is 0.220 e. The number of carbonyl (C=O) groups excluding carboxylic acids is 1. The molecule has 2 atom stereocenters. The Hall–Kier alpha value is -0.840.